The second-order valence-electron chi connectivity index (χ2n) is 4.90. The summed E-state index contributed by atoms with van der Waals surface area (Å²) >= 11 is 0. The summed E-state index contributed by atoms with van der Waals surface area (Å²) in [4.78, 5) is 4.75. The molecule has 0 saturated carbocycles. The van der Waals surface area contributed by atoms with Gasteiger partial charge in [0, 0.05) is 72.6 Å². The van der Waals surface area contributed by atoms with Crippen molar-refractivity contribution in [3.05, 3.63) is 0 Å². The van der Waals surface area contributed by atoms with Gasteiger partial charge < -0.3 is 20.5 Å². The Bertz CT molecular complexity index is 207. The van der Waals surface area contributed by atoms with E-state index in [1.54, 1.807) is 7.11 Å². The maximum absolute atomic E-state index is 9.11. The van der Waals surface area contributed by atoms with E-state index < -0.39 is 0 Å². The van der Waals surface area contributed by atoms with Gasteiger partial charge in [0.25, 0.3) is 0 Å². The van der Waals surface area contributed by atoms with Crippen LogP contribution < -0.4 is 10.6 Å². The van der Waals surface area contributed by atoms with Crippen LogP contribution in [0, 0.1) is 0 Å². The van der Waals surface area contributed by atoms with Gasteiger partial charge in [-0.25, -0.2) is 0 Å². The quantitative estimate of drug-likeness (QED) is 0.563. The molecule has 19 heavy (non-hydrogen) atoms. The van der Waals surface area contributed by atoms with E-state index in [2.05, 4.69) is 20.4 Å². The zero-order valence-electron chi connectivity index (χ0n) is 12.2. The Labute approximate surface area is 117 Å². The highest BCUT2D eigenvalue weighted by molar-refractivity contribution is 4.67. The van der Waals surface area contributed by atoms with Gasteiger partial charge in [-0.2, -0.15) is 0 Å². The molecule has 0 aromatic rings. The van der Waals surface area contributed by atoms with Gasteiger partial charge in [0.2, 0.25) is 0 Å². The number of ether oxygens (including phenoxy) is 1. The van der Waals surface area contributed by atoms with Crippen molar-refractivity contribution in [1.82, 2.24) is 20.4 Å². The number of nitrogens with one attached hydrogen (secondary N) is 2. The molecule has 0 aromatic carbocycles. The van der Waals surface area contributed by atoms with Crippen LogP contribution in [0.25, 0.3) is 0 Å². The van der Waals surface area contributed by atoms with Gasteiger partial charge in [0.15, 0.2) is 0 Å². The smallest absolute Gasteiger partial charge is 0.0589 e. The Morgan fingerprint density at radius 2 is 1.47 bits per heavy atom. The minimum atomic E-state index is 0.236. The average Bonchev–Trinajstić information content (AvgIpc) is 2.41. The fourth-order valence-corrected chi connectivity index (χ4v) is 2.22. The monoisotopic (exact) mass is 274 g/mol. The van der Waals surface area contributed by atoms with Crippen LogP contribution in [0.5, 0.6) is 0 Å². The Morgan fingerprint density at radius 1 is 0.895 bits per heavy atom. The van der Waals surface area contributed by atoms with E-state index in [4.69, 9.17) is 9.84 Å². The zero-order chi connectivity index (χ0) is 13.8. The normalized spacial score (nSPS) is 21.8. The summed E-state index contributed by atoms with van der Waals surface area (Å²) in [5.74, 6) is 0. The Kier molecular flexibility index (Phi) is 10.2. The van der Waals surface area contributed by atoms with Gasteiger partial charge in [-0.1, -0.05) is 0 Å². The molecule has 114 valence electrons. The van der Waals surface area contributed by atoms with Crippen LogP contribution in [0.3, 0.4) is 0 Å². The van der Waals surface area contributed by atoms with E-state index in [9.17, 15) is 0 Å². The number of aliphatic hydroxyl groups is 1. The molecule has 0 aromatic heterocycles. The van der Waals surface area contributed by atoms with Crippen LogP contribution in [0.1, 0.15) is 0 Å². The number of hydrogen-bond donors (Lipinski definition) is 3. The van der Waals surface area contributed by atoms with E-state index in [0.29, 0.717) is 0 Å². The van der Waals surface area contributed by atoms with Crippen molar-refractivity contribution in [2.24, 2.45) is 0 Å². The van der Waals surface area contributed by atoms with Crippen LogP contribution in [-0.4, -0.2) is 101 Å². The van der Waals surface area contributed by atoms with Crippen LogP contribution in [0.4, 0.5) is 0 Å². The van der Waals surface area contributed by atoms with E-state index in [1.165, 1.54) is 0 Å². The third-order valence-electron chi connectivity index (χ3n) is 3.45. The molecule has 0 atom stereocenters. The summed E-state index contributed by atoms with van der Waals surface area (Å²) in [5, 5.41) is 16.0. The summed E-state index contributed by atoms with van der Waals surface area (Å²) in [6.45, 7) is 10.9. The van der Waals surface area contributed by atoms with Gasteiger partial charge in [0.05, 0.1) is 13.2 Å². The molecule has 1 saturated heterocycles. The minimum Gasteiger partial charge on any atom is -0.395 e. The number of methoxy groups -OCH3 is 1. The highest BCUT2D eigenvalue weighted by Gasteiger charge is 2.09. The van der Waals surface area contributed by atoms with Gasteiger partial charge in [0.1, 0.15) is 0 Å². The molecule has 0 amide bonds. The van der Waals surface area contributed by atoms with Gasteiger partial charge in [-0.3, -0.25) is 9.80 Å². The van der Waals surface area contributed by atoms with E-state index in [-0.39, 0.29) is 6.61 Å². The van der Waals surface area contributed by atoms with Crippen molar-refractivity contribution in [2.75, 3.05) is 85.8 Å². The molecule has 1 rings (SSSR count). The standard InChI is InChI=1S/C13H30N4O2/c1-19-13-11-17-7-5-15-3-2-14-4-6-16(8-9-17)10-12-18/h14-15,18H,2-13H2,1H3. The lowest BCUT2D eigenvalue weighted by Gasteiger charge is -2.28. The van der Waals surface area contributed by atoms with E-state index in [1.807, 2.05) is 0 Å². The van der Waals surface area contributed by atoms with E-state index in [0.717, 1.165) is 72.1 Å². The van der Waals surface area contributed by atoms with Gasteiger partial charge >= 0.3 is 0 Å². The van der Waals surface area contributed by atoms with Crippen molar-refractivity contribution in [1.29, 1.82) is 0 Å². The summed E-state index contributed by atoms with van der Waals surface area (Å²) in [5.41, 5.74) is 0. The molecule has 1 aliphatic rings. The summed E-state index contributed by atoms with van der Waals surface area (Å²) in [6.07, 6.45) is 0. The number of hydrogen-bond acceptors (Lipinski definition) is 6. The van der Waals surface area contributed by atoms with Gasteiger partial charge in [-0.15, -0.1) is 0 Å². The van der Waals surface area contributed by atoms with Crippen LogP contribution >= 0.6 is 0 Å². The molecule has 1 heterocycles. The fraction of sp³-hybridized carbons (Fsp3) is 1.00. The van der Waals surface area contributed by atoms with Crippen molar-refractivity contribution >= 4 is 0 Å². The van der Waals surface area contributed by atoms with Crippen LogP contribution in [0.15, 0.2) is 0 Å². The lowest BCUT2D eigenvalue weighted by Crippen LogP contribution is -2.44. The lowest BCUT2D eigenvalue weighted by molar-refractivity contribution is 0.129. The zero-order valence-corrected chi connectivity index (χ0v) is 12.2. The Balaban J connectivity index is 2.38. The topological polar surface area (TPSA) is 60.0 Å². The predicted octanol–water partition coefficient (Wildman–Crippen LogP) is -1.58. The molecule has 3 N–H and O–H groups in total. The highest BCUT2D eigenvalue weighted by Crippen LogP contribution is 1.93. The first-order valence-corrected chi connectivity index (χ1v) is 7.32. The predicted molar refractivity (Wildman–Crippen MR) is 77.6 cm³/mol. The molecule has 0 radical (unpaired) electrons. The molecule has 0 aliphatic carbocycles. The molecular formula is C13H30N4O2. The fourth-order valence-electron chi connectivity index (χ4n) is 2.22. The summed E-state index contributed by atoms with van der Waals surface area (Å²) < 4.78 is 5.17. The second kappa shape index (κ2) is 11.6. The second-order valence-corrected chi connectivity index (χ2v) is 4.90. The largest absolute Gasteiger partial charge is 0.395 e. The number of β-amino-alcohol motifs (C(OH)–C–C–N with tert-alkyl or cyclic N) is 1. The molecule has 1 fully saturated rings. The molecule has 6 heteroatoms. The number of nitrogens with zero attached hydrogens (tertiary/aromatic N) is 2. The maximum Gasteiger partial charge on any atom is 0.0589 e. The molecular weight excluding hydrogens is 244 g/mol. The summed E-state index contributed by atoms with van der Waals surface area (Å²) in [7, 11) is 1.75. The molecule has 0 bridgehead atoms. The first-order valence-electron chi connectivity index (χ1n) is 7.32. The minimum absolute atomic E-state index is 0.236. The van der Waals surface area contributed by atoms with Crippen LogP contribution in [-0.2, 0) is 4.74 Å². The lowest BCUT2D eigenvalue weighted by atomic mass is 10.3. The van der Waals surface area contributed by atoms with Crippen molar-refractivity contribution < 1.29 is 9.84 Å². The number of aliphatic hydroxyl groups excluding tert-OH is 1. The van der Waals surface area contributed by atoms with Crippen molar-refractivity contribution in [3.63, 3.8) is 0 Å². The van der Waals surface area contributed by atoms with Gasteiger partial charge in [-0.05, 0) is 0 Å². The molecule has 0 spiro atoms. The molecule has 6 nitrogen and oxygen atoms in total. The number of rotatable bonds is 5. The average molecular weight is 274 g/mol. The maximum atomic E-state index is 9.11. The molecule has 0 unspecified atom stereocenters. The summed E-state index contributed by atoms with van der Waals surface area (Å²) in [6, 6.07) is 0. The first kappa shape index (κ1) is 16.8. The Morgan fingerprint density at radius 3 is 2.00 bits per heavy atom. The molecule has 1 aliphatic heterocycles. The third kappa shape index (κ3) is 8.52. The van der Waals surface area contributed by atoms with Crippen molar-refractivity contribution in [3.8, 4) is 0 Å². The van der Waals surface area contributed by atoms with Crippen LogP contribution in [0.2, 0.25) is 0 Å². The third-order valence-corrected chi connectivity index (χ3v) is 3.45. The highest BCUT2D eigenvalue weighted by atomic mass is 16.5. The first-order chi connectivity index (χ1) is 9.36. The SMILES string of the molecule is COCCN1CCNCCNCCN(CCO)CC1. The van der Waals surface area contributed by atoms with E-state index >= 15 is 0 Å². The Hall–Kier alpha value is -0.240. The van der Waals surface area contributed by atoms with Crippen molar-refractivity contribution in [2.45, 2.75) is 0 Å².